The molecule has 2 aliphatic rings. The minimum absolute atomic E-state index is 0. The van der Waals surface area contributed by atoms with Gasteiger partial charge in [-0.1, -0.05) is 19.7 Å². The monoisotopic (exact) mass is 2120 g/mol. The fourth-order valence-electron chi connectivity index (χ4n) is 7.65. The number of hydrogen-bond donors (Lipinski definition) is 7. The van der Waals surface area contributed by atoms with E-state index < -0.39 is 149 Å². The second kappa shape index (κ2) is 63.3. The summed E-state index contributed by atoms with van der Waals surface area (Å²) in [4.78, 5) is 0. The molecular formula is C73H130As6N8O26S4. The van der Waals surface area contributed by atoms with Gasteiger partial charge in [-0.05, 0) is 25.0 Å². The molecule has 0 radical (unpaired) electrons. The zero-order valence-electron chi connectivity index (χ0n) is 75.0. The van der Waals surface area contributed by atoms with Crippen LogP contribution in [0.5, 0.6) is 0 Å². The summed E-state index contributed by atoms with van der Waals surface area (Å²) < 4.78 is 267. The van der Waals surface area contributed by atoms with Crippen LogP contribution in [0.4, 0.5) is 0 Å². The molecule has 2 saturated heterocycles. The largest absolute Gasteiger partial charge is 0.344 e. The average molecular weight is 2120 g/mol. The van der Waals surface area contributed by atoms with Crippen molar-refractivity contribution in [2.75, 3.05) is 37.7 Å². The first-order valence-corrected chi connectivity index (χ1v) is 62.0. The van der Waals surface area contributed by atoms with E-state index in [0.29, 0.717) is 39.9 Å². The number of nitrogens with zero attached hydrogens (tertiary/aromatic N) is 7. The molecule has 0 aromatic rings. The van der Waals surface area contributed by atoms with E-state index >= 15 is 0 Å². The summed E-state index contributed by atoms with van der Waals surface area (Å²) in [6.45, 7) is 52.8. The van der Waals surface area contributed by atoms with Crippen molar-refractivity contribution in [3.63, 3.8) is 0 Å². The van der Waals surface area contributed by atoms with Gasteiger partial charge in [-0.2, -0.15) is 24.2 Å². The first kappa shape index (κ1) is 121. The van der Waals surface area contributed by atoms with Crippen molar-refractivity contribution in [1.82, 2.24) is 6.15 Å². The van der Waals surface area contributed by atoms with Crippen LogP contribution in [0, 0.1) is 79.3 Å². The smallest absolute Gasteiger partial charge is 0.335 e. The molecule has 9 N–H and O–H groups in total. The molecule has 0 aliphatic carbocycles. The molecule has 44 heteroatoms. The Hall–Kier alpha value is -6.69. The molecule has 0 aromatic heterocycles. The van der Waals surface area contributed by atoms with Crippen LogP contribution in [0.2, 0.25) is 31.3 Å². The van der Waals surface area contributed by atoms with Gasteiger partial charge in [-0.25, -0.2) is 16.8 Å². The summed E-state index contributed by atoms with van der Waals surface area (Å²) in [6, 6.07) is 12.7. The quantitative estimate of drug-likeness (QED) is 0.0147. The molecule has 0 aromatic carbocycles. The van der Waals surface area contributed by atoms with E-state index in [1.54, 1.807) is 128 Å². The normalized spacial score (nSPS) is 20.8. The van der Waals surface area contributed by atoms with Gasteiger partial charge in [0.15, 0.2) is 19.7 Å². The Balaban J connectivity index is -0.0000000725. The summed E-state index contributed by atoms with van der Waals surface area (Å²) in [5.74, 6) is -0.213. The number of allylic oxidation sites excluding steroid dienone is 23. The van der Waals surface area contributed by atoms with E-state index in [2.05, 4.69) is 59.2 Å². The third-order valence-electron chi connectivity index (χ3n) is 14.2. The zero-order chi connectivity index (χ0) is 99.3. The van der Waals surface area contributed by atoms with E-state index in [0.717, 1.165) is 40.7 Å². The van der Waals surface area contributed by atoms with Crippen LogP contribution in [-0.4, -0.2) is 203 Å². The molecular weight excluding hydrogens is 1980 g/mol. The van der Waals surface area contributed by atoms with Gasteiger partial charge >= 0.3 is 550 Å². The molecule has 0 bridgehead atoms. The third kappa shape index (κ3) is 64.9. The summed E-state index contributed by atoms with van der Waals surface area (Å²) in [7, 11) is -9.73. The molecule has 0 saturated carbocycles. The molecule has 34 nitrogen and oxygen atoms in total. The Kier molecular flexibility index (Phi) is 65.6. The molecule has 672 valence electrons. The van der Waals surface area contributed by atoms with E-state index in [1.807, 2.05) is 45.0 Å². The van der Waals surface area contributed by atoms with Gasteiger partial charge in [-0.15, -0.1) is 0 Å². The molecule has 2 fully saturated rings. The molecule has 5 unspecified atom stereocenters. The Morgan fingerprint density at radius 2 is 0.752 bits per heavy atom. The standard InChI is InChI=1S/C14H25AsO5S.C12H15AsN2O3.C12H17AsN2O3.C8H14O4S2.3C6H11AsO3.C6H4N2.C3H3N.H3N.O2S.8H2/c1-7-12(8-2)10-15(16)19-13(4,9-3)14(5,20-15)11-21(6,17)18;1-5-10(6-2)7-13(16)17-11(3,8-14)12(4,9-15)18-13;1-3-12(4-2)11-13(16,17-9-5-7-14)18-10-6-8-15;1-7(5-13(3,9)10)8(2)6-14(4,11)12;3*1-3-6(4-2)5-7(8,9)10;1-5(3-7)6(2)4-8;1-2-3-4;;1-3-2;;;;;;;;/h7-8H,1,9-11H2,2-6H3;5-6H,1,7H2,2-4H3;3-4H,1,5-6,9-11H2,2H3;5-6H,1-4H3;3*3-4H,1,5H2,2H3,(H2,8,9,10);1-2H2;2H,1H2;1H3;;8*1H/b12-8+;10-6+;12-4+;7-5+,8-6+;3*6-4+;;;;;;;;;;;;/i;;;;;;;;;;;3*1+1D;5*1+1. The Morgan fingerprint density at radius 3 is 0.932 bits per heavy atom. The van der Waals surface area contributed by atoms with Crippen LogP contribution in [0.1, 0.15) is 125 Å². The summed E-state index contributed by atoms with van der Waals surface area (Å²) >= 11 is -26.5. The van der Waals surface area contributed by atoms with Crippen LogP contribution >= 0.6 is 0 Å². The maximum absolute atomic E-state index is 13.0. The summed E-state index contributed by atoms with van der Waals surface area (Å²) in [6.07, 6.45) is 24.7. The first-order chi connectivity index (χ1) is 55.9. The van der Waals surface area contributed by atoms with E-state index in [9.17, 15) is 47.7 Å². The van der Waals surface area contributed by atoms with Crippen LogP contribution in [-0.2, 0) is 85.9 Å². The van der Waals surface area contributed by atoms with Crippen LogP contribution < -0.4 is 6.15 Å². The van der Waals surface area contributed by atoms with Crippen molar-refractivity contribution in [3.05, 3.63) is 205 Å². The van der Waals surface area contributed by atoms with Gasteiger partial charge in [0.1, 0.15) is 0 Å². The predicted molar refractivity (Wildman–Crippen MR) is 469 cm³/mol. The second-order valence-electron chi connectivity index (χ2n) is 24.0. The van der Waals surface area contributed by atoms with Gasteiger partial charge in [-0.3, -0.25) is 0 Å². The molecule has 0 spiro atoms. The fourth-order valence-corrected chi connectivity index (χ4v) is 30.4. The summed E-state index contributed by atoms with van der Waals surface area (Å²) in [5, 5.41) is 60.8. The molecule has 2 heterocycles. The second-order valence-corrected chi connectivity index (χ2v) is 52.8. The van der Waals surface area contributed by atoms with Gasteiger partial charge in [0.2, 0.25) is 0 Å². The number of sulfone groups is 3. The first-order valence-electron chi connectivity index (χ1n) is 36.2. The number of nitriles is 7. The molecule has 117 heavy (non-hydrogen) atoms. The SMILES string of the molecule is C=C(C#N)C(=C)C#N.C=C/C(=C\C)C[As](=O)(O)O.C=C/C(=C\C)C[As](=O)(O)O.C=C/C(=C\C)C[As](=O)(O)O.C=C/C(=C\C)C[As](=O)(OCCC#N)OCCC#N.C=C/C(=C\C)C[As]1(=O)OC(C)(C#N)C(C)(C#N)O1.C=C/C(=C\C)C[As]1(=O)OC(C)(CC)C(C)(CS(C)(=O)=O)O1.C=CC#N.CC(=C\S(C)(=O)=O)/C(C)=C/S(C)(=O)=O.N.O=S=O.[2HH].[2HH].[2HH].[2HH].[2HH].[2H][2H].[2H][2H].[2H][2H]. The average Bonchev–Trinajstić information content (AvgIpc) is 1.62. The topological polar surface area (TPSA) is 617 Å². The Labute approximate surface area is 730 Å². The van der Waals surface area contributed by atoms with E-state index in [1.165, 1.54) is 38.2 Å². The van der Waals surface area contributed by atoms with Gasteiger partial charge in [0, 0.05) is 45.4 Å². The van der Waals surface area contributed by atoms with E-state index in [4.69, 9.17) is 101 Å². The van der Waals surface area contributed by atoms with Gasteiger partial charge in [0.25, 0.3) is 0 Å². The number of rotatable bonds is 31. The van der Waals surface area contributed by atoms with Crippen molar-refractivity contribution >= 4 is 126 Å². The molecule has 2 rings (SSSR count). The van der Waals surface area contributed by atoms with Crippen molar-refractivity contribution in [1.29, 1.82) is 36.8 Å². The Morgan fingerprint density at radius 1 is 0.504 bits per heavy atom. The van der Waals surface area contributed by atoms with Crippen molar-refractivity contribution in [3.8, 4) is 42.5 Å². The summed E-state index contributed by atoms with van der Waals surface area (Å²) in [5.41, 5.74) is 0.163. The van der Waals surface area contributed by atoms with Crippen LogP contribution in [0.25, 0.3) is 0 Å². The maximum Gasteiger partial charge on any atom is 0.335 e. The maximum atomic E-state index is 13.0. The molecule has 0 amide bonds. The van der Waals surface area contributed by atoms with Crippen LogP contribution in [0.3, 0.4) is 0 Å². The zero-order valence-corrected chi connectivity index (χ0v) is 83.5. The minimum atomic E-state index is -4.46. The number of hydrogen-bond acceptors (Lipinski definition) is 28. The minimum Gasteiger partial charge on any atom is -0.344 e. The molecule has 5 atom stereocenters. The molecule has 2 aliphatic heterocycles. The van der Waals surface area contributed by atoms with Crippen molar-refractivity contribution in [2.24, 2.45) is 0 Å². The van der Waals surface area contributed by atoms with Gasteiger partial charge in [0.05, 0.1) is 29.4 Å². The van der Waals surface area contributed by atoms with Crippen molar-refractivity contribution in [2.45, 2.75) is 163 Å². The van der Waals surface area contributed by atoms with Crippen molar-refractivity contribution < 1.29 is 119 Å². The van der Waals surface area contributed by atoms with Gasteiger partial charge < -0.3 is 6.15 Å². The van der Waals surface area contributed by atoms with E-state index in [-0.39, 0.29) is 87.5 Å². The van der Waals surface area contributed by atoms with Crippen LogP contribution in [0.15, 0.2) is 205 Å². The third-order valence-corrected chi connectivity index (χ3v) is 34.5. The Bertz CT molecular complexity index is 4510. The fraction of sp³-hybridized carbons (Fsp3) is 0.438. The predicted octanol–water partition coefficient (Wildman–Crippen LogP) is 12.6.